The molecule has 1 aliphatic heterocycles. The first-order valence-electron chi connectivity index (χ1n) is 10.8. The van der Waals surface area contributed by atoms with Crippen LogP contribution in [0.15, 0.2) is 35.3 Å². The minimum absolute atomic E-state index is 0. The van der Waals surface area contributed by atoms with Gasteiger partial charge in [0.1, 0.15) is 0 Å². The van der Waals surface area contributed by atoms with E-state index in [2.05, 4.69) is 34.7 Å². The van der Waals surface area contributed by atoms with Crippen molar-refractivity contribution in [2.24, 2.45) is 10.9 Å². The minimum atomic E-state index is -4.10. The van der Waals surface area contributed by atoms with E-state index in [4.69, 9.17) is 4.74 Å². The monoisotopic (exact) mass is 556 g/mol. The van der Waals surface area contributed by atoms with Gasteiger partial charge < -0.3 is 15.4 Å². The number of nitrogens with zero attached hydrogens (tertiary/aromatic N) is 2. The van der Waals surface area contributed by atoms with Gasteiger partial charge in [0.2, 0.25) is 0 Å². The number of hydrogen-bond donors (Lipinski definition) is 2. The lowest BCUT2D eigenvalue weighted by molar-refractivity contribution is -0.148. The SMILES string of the molecule is CN=C(NCCCOC(C)c1ccccc1)NCCC1CCN(CC(F)(F)F)CC1.I. The van der Waals surface area contributed by atoms with E-state index >= 15 is 0 Å². The number of rotatable bonds is 10. The Labute approximate surface area is 201 Å². The molecule has 2 N–H and O–H groups in total. The second kappa shape index (κ2) is 14.9. The Morgan fingerprint density at radius 2 is 1.81 bits per heavy atom. The molecule has 0 aromatic heterocycles. The van der Waals surface area contributed by atoms with Gasteiger partial charge in [0.25, 0.3) is 0 Å². The molecule has 1 atom stereocenters. The molecule has 2 rings (SSSR count). The summed E-state index contributed by atoms with van der Waals surface area (Å²) in [6, 6.07) is 10.1. The predicted molar refractivity (Wildman–Crippen MR) is 130 cm³/mol. The summed E-state index contributed by atoms with van der Waals surface area (Å²) in [5, 5.41) is 6.58. The molecule has 0 spiro atoms. The Bertz CT molecular complexity index is 623. The zero-order valence-corrected chi connectivity index (χ0v) is 20.8. The van der Waals surface area contributed by atoms with Crippen LogP contribution in [-0.4, -0.2) is 63.4 Å². The van der Waals surface area contributed by atoms with Crippen LogP contribution in [0.5, 0.6) is 0 Å². The molecule has 31 heavy (non-hydrogen) atoms. The average molecular weight is 556 g/mol. The minimum Gasteiger partial charge on any atom is -0.374 e. The van der Waals surface area contributed by atoms with Crippen molar-refractivity contribution in [1.29, 1.82) is 0 Å². The van der Waals surface area contributed by atoms with Crippen molar-refractivity contribution in [1.82, 2.24) is 15.5 Å². The molecular formula is C22H36F3IN4O. The van der Waals surface area contributed by atoms with Gasteiger partial charge in [-0.2, -0.15) is 13.2 Å². The van der Waals surface area contributed by atoms with Crippen molar-refractivity contribution in [3.05, 3.63) is 35.9 Å². The Balaban J connectivity index is 0.00000480. The fraction of sp³-hybridized carbons (Fsp3) is 0.682. The fourth-order valence-corrected chi connectivity index (χ4v) is 3.66. The number of halogens is 4. The molecule has 0 bridgehead atoms. The highest BCUT2D eigenvalue weighted by atomic mass is 127. The number of likely N-dealkylation sites (tertiary alicyclic amines) is 1. The van der Waals surface area contributed by atoms with Crippen LogP contribution in [0.2, 0.25) is 0 Å². The highest BCUT2D eigenvalue weighted by Gasteiger charge is 2.32. The molecule has 1 saturated heterocycles. The van der Waals surface area contributed by atoms with Crippen molar-refractivity contribution < 1.29 is 17.9 Å². The normalized spacial score (nSPS) is 17.1. The third kappa shape index (κ3) is 11.9. The highest BCUT2D eigenvalue weighted by molar-refractivity contribution is 14.0. The van der Waals surface area contributed by atoms with Crippen LogP contribution in [0.25, 0.3) is 0 Å². The third-order valence-electron chi connectivity index (χ3n) is 5.43. The third-order valence-corrected chi connectivity index (χ3v) is 5.43. The van der Waals surface area contributed by atoms with E-state index in [-0.39, 0.29) is 30.1 Å². The van der Waals surface area contributed by atoms with Gasteiger partial charge in [-0.05, 0) is 57.2 Å². The van der Waals surface area contributed by atoms with Crippen LogP contribution in [0, 0.1) is 5.92 Å². The summed E-state index contributed by atoms with van der Waals surface area (Å²) in [4.78, 5) is 5.73. The van der Waals surface area contributed by atoms with E-state index in [1.165, 1.54) is 10.5 Å². The molecule has 1 aromatic carbocycles. The number of hydrogen-bond acceptors (Lipinski definition) is 3. The standard InChI is InChI=1S/C22H35F3N4O.HI/c1-18(20-7-4-3-5-8-20)30-16-6-12-27-21(26-2)28-13-9-19-10-14-29(15-11-19)17-22(23,24)25;/h3-5,7-8,18-19H,6,9-17H2,1-2H3,(H2,26,27,28);1H. The van der Waals surface area contributed by atoms with E-state index < -0.39 is 12.7 Å². The number of ether oxygens (including phenoxy) is 1. The molecule has 5 nitrogen and oxygen atoms in total. The summed E-state index contributed by atoms with van der Waals surface area (Å²) in [5.74, 6) is 1.22. The molecule has 0 radical (unpaired) electrons. The molecule has 0 aliphatic carbocycles. The largest absolute Gasteiger partial charge is 0.401 e. The Kier molecular flexibility index (Phi) is 13.4. The summed E-state index contributed by atoms with van der Waals surface area (Å²) in [7, 11) is 1.74. The van der Waals surface area contributed by atoms with Gasteiger partial charge >= 0.3 is 6.18 Å². The van der Waals surface area contributed by atoms with Crippen LogP contribution >= 0.6 is 24.0 Å². The maximum Gasteiger partial charge on any atom is 0.401 e. The zero-order valence-electron chi connectivity index (χ0n) is 18.5. The first kappa shape index (κ1) is 28.0. The van der Waals surface area contributed by atoms with E-state index in [1.54, 1.807) is 7.05 Å². The molecule has 1 aliphatic rings. The van der Waals surface area contributed by atoms with Gasteiger partial charge in [-0.25, -0.2) is 0 Å². The van der Waals surface area contributed by atoms with Crippen LogP contribution in [0.1, 0.15) is 44.3 Å². The molecule has 0 saturated carbocycles. The summed E-state index contributed by atoms with van der Waals surface area (Å²) in [5.41, 5.74) is 1.17. The zero-order chi connectivity index (χ0) is 21.8. The molecule has 178 valence electrons. The second-order valence-corrected chi connectivity index (χ2v) is 7.83. The lowest BCUT2D eigenvalue weighted by atomic mass is 9.93. The van der Waals surface area contributed by atoms with Gasteiger partial charge in [-0.1, -0.05) is 30.3 Å². The van der Waals surface area contributed by atoms with Crippen molar-refractivity contribution in [3.63, 3.8) is 0 Å². The van der Waals surface area contributed by atoms with Crippen LogP contribution in [0.3, 0.4) is 0 Å². The van der Waals surface area contributed by atoms with Gasteiger partial charge in [-0.3, -0.25) is 9.89 Å². The van der Waals surface area contributed by atoms with Gasteiger partial charge in [-0.15, -0.1) is 24.0 Å². The molecule has 1 fully saturated rings. The van der Waals surface area contributed by atoms with E-state index in [0.717, 1.165) is 44.7 Å². The highest BCUT2D eigenvalue weighted by Crippen LogP contribution is 2.24. The van der Waals surface area contributed by atoms with Crippen molar-refractivity contribution in [2.45, 2.75) is 44.9 Å². The Morgan fingerprint density at radius 3 is 2.42 bits per heavy atom. The van der Waals surface area contributed by atoms with Gasteiger partial charge in [0, 0.05) is 26.7 Å². The van der Waals surface area contributed by atoms with Crippen LogP contribution < -0.4 is 10.6 Å². The van der Waals surface area contributed by atoms with Crippen molar-refractivity contribution >= 4 is 29.9 Å². The maximum absolute atomic E-state index is 12.5. The Hall–Kier alpha value is -1.07. The van der Waals surface area contributed by atoms with E-state index in [0.29, 0.717) is 25.6 Å². The van der Waals surface area contributed by atoms with Gasteiger partial charge in [0.15, 0.2) is 5.96 Å². The molecule has 1 aromatic rings. The number of guanidine groups is 1. The van der Waals surface area contributed by atoms with Crippen LogP contribution in [0.4, 0.5) is 13.2 Å². The molecule has 1 heterocycles. The van der Waals surface area contributed by atoms with Crippen LogP contribution in [-0.2, 0) is 4.74 Å². The average Bonchev–Trinajstić information content (AvgIpc) is 2.73. The van der Waals surface area contributed by atoms with E-state index in [1.807, 2.05) is 18.2 Å². The van der Waals surface area contributed by atoms with Crippen molar-refractivity contribution in [2.75, 3.05) is 46.4 Å². The summed E-state index contributed by atoms with van der Waals surface area (Å²) in [6.07, 6.45) is -0.571. The molecule has 0 amide bonds. The quantitative estimate of drug-likeness (QED) is 0.192. The lowest BCUT2D eigenvalue weighted by Gasteiger charge is -2.32. The van der Waals surface area contributed by atoms with Gasteiger partial charge in [0.05, 0.1) is 12.6 Å². The number of alkyl halides is 3. The predicted octanol–water partition coefficient (Wildman–Crippen LogP) is 4.60. The van der Waals surface area contributed by atoms with E-state index in [9.17, 15) is 13.2 Å². The number of aliphatic imine (C=N–C) groups is 1. The summed E-state index contributed by atoms with van der Waals surface area (Å²) >= 11 is 0. The summed E-state index contributed by atoms with van der Waals surface area (Å²) in [6.45, 7) is 4.51. The molecular weight excluding hydrogens is 520 g/mol. The number of piperidine rings is 1. The molecule has 1 unspecified atom stereocenters. The first-order chi connectivity index (χ1) is 14.4. The summed E-state index contributed by atoms with van der Waals surface area (Å²) < 4.78 is 43.2. The topological polar surface area (TPSA) is 48.9 Å². The van der Waals surface area contributed by atoms with Crippen molar-refractivity contribution in [3.8, 4) is 0 Å². The number of benzene rings is 1. The number of nitrogens with one attached hydrogen (secondary N) is 2. The Morgan fingerprint density at radius 1 is 1.16 bits per heavy atom. The lowest BCUT2D eigenvalue weighted by Crippen LogP contribution is -2.41. The first-order valence-corrected chi connectivity index (χ1v) is 10.8. The molecule has 9 heteroatoms. The maximum atomic E-state index is 12.5. The fourth-order valence-electron chi connectivity index (χ4n) is 3.66. The second-order valence-electron chi connectivity index (χ2n) is 7.83. The smallest absolute Gasteiger partial charge is 0.374 e.